The van der Waals surface area contributed by atoms with Crippen LogP contribution in [0.1, 0.15) is 18.4 Å². The number of likely N-dealkylation sites (N-methyl/N-ethyl adjacent to an activating group) is 1. The van der Waals surface area contributed by atoms with Crippen molar-refractivity contribution in [3.05, 3.63) is 17.7 Å². The minimum atomic E-state index is -0.182. The first-order chi connectivity index (χ1) is 11.2. The number of nitrogens with zero attached hydrogens (tertiary/aromatic N) is 6. The van der Waals surface area contributed by atoms with Crippen molar-refractivity contribution in [1.29, 1.82) is 0 Å². The van der Waals surface area contributed by atoms with E-state index in [-0.39, 0.29) is 12.5 Å². The third-order valence-electron chi connectivity index (χ3n) is 3.12. The molecule has 0 aliphatic heterocycles. The molecule has 0 saturated carbocycles. The van der Waals surface area contributed by atoms with Gasteiger partial charge in [0.25, 0.3) is 0 Å². The molecule has 0 atom stereocenters. The molecule has 3 heterocycles. The van der Waals surface area contributed by atoms with Gasteiger partial charge in [-0.25, -0.2) is 15.0 Å². The van der Waals surface area contributed by atoms with E-state index < -0.39 is 0 Å². The number of H-pyrrole nitrogens is 1. The number of nitrogens with one attached hydrogen (secondary N) is 2. The third kappa shape index (κ3) is 3.42. The molecule has 1 amide bonds. The summed E-state index contributed by atoms with van der Waals surface area (Å²) in [6.45, 7) is 2.21. The summed E-state index contributed by atoms with van der Waals surface area (Å²) in [5.41, 5.74) is 1.26. The molecule has 120 valence electrons. The van der Waals surface area contributed by atoms with Crippen molar-refractivity contribution in [2.45, 2.75) is 19.8 Å². The molecule has 0 bridgehead atoms. The fourth-order valence-electron chi connectivity index (χ4n) is 2.11. The highest BCUT2D eigenvalue weighted by Crippen LogP contribution is 2.19. The molecule has 10 heteroatoms. The Bertz CT molecular complexity index is 813. The van der Waals surface area contributed by atoms with E-state index in [4.69, 9.17) is 0 Å². The normalized spacial score (nSPS) is 10.9. The van der Waals surface area contributed by atoms with E-state index in [0.717, 1.165) is 17.8 Å². The van der Waals surface area contributed by atoms with Crippen LogP contribution < -0.4 is 10.2 Å². The summed E-state index contributed by atoms with van der Waals surface area (Å²) in [7, 11) is 1.78. The first-order valence-electron chi connectivity index (χ1n) is 7.14. The van der Waals surface area contributed by atoms with E-state index in [2.05, 4.69) is 42.4 Å². The Morgan fingerprint density at radius 2 is 2.22 bits per heavy atom. The summed E-state index contributed by atoms with van der Waals surface area (Å²) in [5, 5.41) is 12.2. The summed E-state index contributed by atoms with van der Waals surface area (Å²) >= 11 is 1.40. The number of carbonyl (C=O) groups excluding carboxylic acids is 1. The number of anilines is 2. The number of imidazole rings is 1. The van der Waals surface area contributed by atoms with Gasteiger partial charge in [-0.1, -0.05) is 18.3 Å². The van der Waals surface area contributed by atoms with Crippen LogP contribution in [0.4, 0.5) is 10.9 Å². The predicted molar refractivity (Wildman–Crippen MR) is 87.5 cm³/mol. The van der Waals surface area contributed by atoms with Crippen LogP contribution in [0.3, 0.4) is 0 Å². The van der Waals surface area contributed by atoms with Gasteiger partial charge in [-0.05, 0) is 6.42 Å². The number of aryl methyl sites for hydroxylation is 1. The van der Waals surface area contributed by atoms with Gasteiger partial charge in [0.15, 0.2) is 11.5 Å². The van der Waals surface area contributed by atoms with Gasteiger partial charge >= 0.3 is 0 Å². The summed E-state index contributed by atoms with van der Waals surface area (Å²) in [5.74, 6) is 0.435. The van der Waals surface area contributed by atoms with Gasteiger partial charge in [-0.2, -0.15) is 0 Å². The topological polar surface area (TPSA) is 113 Å². The smallest absolute Gasteiger partial charge is 0.245 e. The van der Waals surface area contributed by atoms with Gasteiger partial charge < -0.3 is 9.88 Å². The van der Waals surface area contributed by atoms with E-state index in [9.17, 15) is 4.79 Å². The summed E-state index contributed by atoms with van der Waals surface area (Å²) < 4.78 is 0. The van der Waals surface area contributed by atoms with E-state index in [0.29, 0.717) is 22.1 Å². The second-order valence-corrected chi connectivity index (χ2v) is 6.02. The number of aromatic nitrogens is 6. The molecule has 23 heavy (non-hydrogen) atoms. The van der Waals surface area contributed by atoms with Crippen LogP contribution >= 0.6 is 11.3 Å². The van der Waals surface area contributed by atoms with Crippen molar-refractivity contribution in [3.63, 3.8) is 0 Å². The summed E-state index contributed by atoms with van der Waals surface area (Å²) in [4.78, 5) is 29.2. The largest absolute Gasteiger partial charge is 0.348 e. The van der Waals surface area contributed by atoms with Crippen molar-refractivity contribution in [3.8, 4) is 0 Å². The van der Waals surface area contributed by atoms with E-state index in [1.165, 1.54) is 17.7 Å². The highest BCUT2D eigenvalue weighted by atomic mass is 32.1. The van der Waals surface area contributed by atoms with Crippen LogP contribution in [0.15, 0.2) is 12.7 Å². The number of fused-ring (bicyclic) bond motifs is 1. The number of aromatic amines is 1. The first kappa shape index (κ1) is 15.3. The third-order valence-corrected chi connectivity index (χ3v) is 4.02. The number of hydrogen-bond acceptors (Lipinski definition) is 8. The van der Waals surface area contributed by atoms with E-state index in [1.807, 2.05) is 0 Å². The van der Waals surface area contributed by atoms with Crippen molar-refractivity contribution in [1.82, 2.24) is 30.1 Å². The molecule has 3 aromatic heterocycles. The molecule has 0 spiro atoms. The second-order valence-electron chi connectivity index (χ2n) is 4.95. The zero-order valence-corrected chi connectivity index (χ0v) is 13.6. The van der Waals surface area contributed by atoms with E-state index in [1.54, 1.807) is 18.3 Å². The molecular formula is C13H16N8OS. The molecule has 3 rings (SSSR count). The van der Waals surface area contributed by atoms with Gasteiger partial charge in [-0.15, -0.1) is 10.2 Å². The van der Waals surface area contributed by atoms with E-state index >= 15 is 0 Å². The summed E-state index contributed by atoms with van der Waals surface area (Å²) in [6, 6.07) is 0. The van der Waals surface area contributed by atoms with Crippen molar-refractivity contribution < 1.29 is 4.79 Å². The standard InChI is InChI=1S/C13H16N8OS/c1-3-4-9-19-20-13(23-9)18-8(22)5-21(2)12-10-11(15-6-14-10)16-7-17-12/h6-7H,3-5H2,1-2H3,(H,18,20,22)(H,14,15,16,17). The van der Waals surface area contributed by atoms with Gasteiger partial charge in [-0.3, -0.25) is 10.1 Å². The quantitative estimate of drug-likeness (QED) is 0.698. The van der Waals surface area contributed by atoms with Gasteiger partial charge in [0.05, 0.1) is 12.9 Å². The Balaban J connectivity index is 1.66. The lowest BCUT2D eigenvalue weighted by atomic mass is 10.4. The molecule has 0 saturated heterocycles. The SMILES string of the molecule is CCCc1nnc(NC(=O)CN(C)c2ncnc3nc[nH]c23)s1. The fourth-order valence-corrected chi connectivity index (χ4v) is 2.97. The van der Waals surface area contributed by atoms with Gasteiger partial charge in [0, 0.05) is 13.5 Å². The van der Waals surface area contributed by atoms with Crippen LogP contribution in [-0.4, -0.2) is 49.6 Å². The molecule has 0 aliphatic rings. The van der Waals surface area contributed by atoms with Crippen molar-refractivity contribution in [2.75, 3.05) is 23.8 Å². The molecule has 9 nitrogen and oxygen atoms in total. The molecule has 0 aromatic carbocycles. The average molecular weight is 332 g/mol. The minimum absolute atomic E-state index is 0.133. The van der Waals surface area contributed by atoms with Crippen LogP contribution in [0, 0.1) is 0 Å². The van der Waals surface area contributed by atoms with Crippen molar-refractivity contribution >= 4 is 39.4 Å². The Kier molecular flexibility index (Phi) is 4.42. The first-order valence-corrected chi connectivity index (χ1v) is 7.96. The molecule has 3 aromatic rings. The van der Waals surface area contributed by atoms with Crippen LogP contribution in [-0.2, 0) is 11.2 Å². The van der Waals surface area contributed by atoms with Gasteiger partial charge in [0.1, 0.15) is 16.9 Å². The lowest BCUT2D eigenvalue weighted by Gasteiger charge is -2.17. The van der Waals surface area contributed by atoms with Crippen molar-refractivity contribution in [2.24, 2.45) is 0 Å². The number of carbonyl (C=O) groups is 1. The maximum absolute atomic E-state index is 12.2. The highest BCUT2D eigenvalue weighted by Gasteiger charge is 2.15. The maximum atomic E-state index is 12.2. The molecular weight excluding hydrogens is 316 g/mol. The van der Waals surface area contributed by atoms with Crippen LogP contribution in [0.5, 0.6) is 0 Å². The van der Waals surface area contributed by atoms with Gasteiger partial charge in [0.2, 0.25) is 11.0 Å². The Hall–Kier alpha value is -2.62. The lowest BCUT2D eigenvalue weighted by molar-refractivity contribution is -0.114. The average Bonchev–Trinajstić information content (AvgIpc) is 3.16. The molecule has 0 aliphatic carbocycles. The lowest BCUT2D eigenvalue weighted by Crippen LogP contribution is -2.30. The Morgan fingerprint density at radius 1 is 1.35 bits per heavy atom. The predicted octanol–water partition coefficient (Wildman–Crippen LogP) is 1.23. The zero-order chi connectivity index (χ0) is 16.2. The minimum Gasteiger partial charge on any atom is -0.348 e. The molecule has 0 unspecified atom stereocenters. The molecule has 0 radical (unpaired) electrons. The summed E-state index contributed by atoms with van der Waals surface area (Å²) in [6.07, 6.45) is 4.84. The number of amides is 1. The molecule has 0 fully saturated rings. The Labute approximate surface area is 136 Å². The Morgan fingerprint density at radius 3 is 3.04 bits per heavy atom. The second kappa shape index (κ2) is 6.65. The fraction of sp³-hybridized carbons (Fsp3) is 0.385. The molecule has 2 N–H and O–H groups in total. The number of rotatable bonds is 6. The monoisotopic (exact) mass is 332 g/mol. The highest BCUT2D eigenvalue weighted by molar-refractivity contribution is 7.15. The van der Waals surface area contributed by atoms with Crippen LogP contribution in [0.2, 0.25) is 0 Å². The number of hydrogen-bond donors (Lipinski definition) is 2. The van der Waals surface area contributed by atoms with Crippen LogP contribution in [0.25, 0.3) is 11.2 Å². The zero-order valence-electron chi connectivity index (χ0n) is 12.8. The maximum Gasteiger partial charge on any atom is 0.245 e.